The number of benzene rings is 1. The zero-order valence-corrected chi connectivity index (χ0v) is 7.49. The molecule has 0 radical (unpaired) electrons. The Kier molecular flexibility index (Phi) is 2.00. The summed E-state index contributed by atoms with van der Waals surface area (Å²) in [6.45, 7) is 0. The molecule has 5 heteroatoms. The topological polar surface area (TPSA) is 73.3 Å². The van der Waals surface area contributed by atoms with E-state index < -0.39 is 17.3 Å². The third kappa shape index (κ3) is 1.59. The van der Waals surface area contributed by atoms with Gasteiger partial charge in [0.25, 0.3) is 5.91 Å². The molecule has 1 amide bonds. The van der Waals surface area contributed by atoms with Gasteiger partial charge in [-0.25, -0.2) is 9.18 Å². The van der Waals surface area contributed by atoms with Gasteiger partial charge in [0.1, 0.15) is 17.0 Å². The second-order valence-corrected chi connectivity index (χ2v) is 2.99. The average molecular weight is 207 g/mol. The maximum Gasteiger partial charge on any atom is 0.349 e. The Morgan fingerprint density at radius 3 is 2.73 bits per heavy atom. The number of nitrogens with two attached hydrogens (primary N) is 1. The molecule has 1 heterocycles. The van der Waals surface area contributed by atoms with Crippen LogP contribution in [0.25, 0.3) is 11.0 Å². The van der Waals surface area contributed by atoms with Crippen LogP contribution in [0.2, 0.25) is 0 Å². The predicted octanol–water partition coefficient (Wildman–Crippen LogP) is 1.03. The van der Waals surface area contributed by atoms with Crippen LogP contribution in [0.3, 0.4) is 0 Å². The van der Waals surface area contributed by atoms with Crippen molar-refractivity contribution < 1.29 is 13.6 Å². The Balaban J connectivity index is 2.83. The lowest BCUT2D eigenvalue weighted by atomic mass is 10.2. The normalized spacial score (nSPS) is 10.5. The maximum atomic E-state index is 12.8. The van der Waals surface area contributed by atoms with Crippen LogP contribution >= 0.6 is 0 Å². The Labute approximate surface area is 83.1 Å². The van der Waals surface area contributed by atoms with Crippen LogP contribution < -0.4 is 11.4 Å². The molecule has 15 heavy (non-hydrogen) atoms. The van der Waals surface area contributed by atoms with Gasteiger partial charge in [-0.15, -0.1) is 0 Å². The molecule has 0 saturated carbocycles. The molecular formula is C10H6FNO3. The van der Waals surface area contributed by atoms with Gasteiger partial charge < -0.3 is 10.2 Å². The lowest BCUT2D eigenvalue weighted by Crippen LogP contribution is -2.20. The van der Waals surface area contributed by atoms with Gasteiger partial charge in [0.15, 0.2) is 0 Å². The van der Waals surface area contributed by atoms with Crippen LogP contribution in [0, 0.1) is 5.82 Å². The lowest BCUT2D eigenvalue weighted by molar-refractivity contribution is 0.0997. The standard InChI is InChI=1S/C10H6FNO3/c11-6-1-2-8-5(3-6)4-7(9(12)13)10(14)15-8/h1-4H,(H2,12,13). The summed E-state index contributed by atoms with van der Waals surface area (Å²) in [6, 6.07) is 4.85. The highest BCUT2D eigenvalue weighted by molar-refractivity contribution is 5.95. The molecule has 4 nitrogen and oxygen atoms in total. The van der Waals surface area contributed by atoms with Crippen molar-refractivity contribution in [3.63, 3.8) is 0 Å². The molecule has 0 saturated heterocycles. The summed E-state index contributed by atoms with van der Waals surface area (Å²) in [5.74, 6) is -1.37. The minimum Gasteiger partial charge on any atom is -0.422 e. The molecule has 0 spiro atoms. The summed E-state index contributed by atoms with van der Waals surface area (Å²) in [7, 11) is 0. The number of fused-ring (bicyclic) bond motifs is 1. The van der Waals surface area contributed by atoms with Crippen LogP contribution in [0.5, 0.6) is 0 Å². The van der Waals surface area contributed by atoms with E-state index in [1.54, 1.807) is 0 Å². The van der Waals surface area contributed by atoms with E-state index in [0.717, 1.165) is 12.1 Å². The van der Waals surface area contributed by atoms with Gasteiger partial charge in [-0.2, -0.15) is 0 Å². The number of hydrogen-bond acceptors (Lipinski definition) is 3. The van der Waals surface area contributed by atoms with Crippen LogP contribution in [0.1, 0.15) is 10.4 Å². The van der Waals surface area contributed by atoms with Crippen molar-refractivity contribution in [3.05, 3.63) is 46.1 Å². The van der Waals surface area contributed by atoms with Gasteiger partial charge in [-0.05, 0) is 24.3 Å². The SMILES string of the molecule is NC(=O)c1cc2cc(F)ccc2oc1=O. The van der Waals surface area contributed by atoms with Crippen molar-refractivity contribution in [1.82, 2.24) is 0 Å². The van der Waals surface area contributed by atoms with E-state index in [1.807, 2.05) is 0 Å². The molecule has 1 aromatic carbocycles. The molecule has 0 aliphatic heterocycles. The molecule has 0 atom stereocenters. The fourth-order valence-electron chi connectivity index (χ4n) is 1.27. The smallest absolute Gasteiger partial charge is 0.349 e. The van der Waals surface area contributed by atoms with Gasteiger partial charge in [-0.1, -0.05) is 0 Å². The minimum absolute atomic E-state index is 0.214. The molecule has 2 rings (SSSR count). The molecular weight excluding hydrogens is 201 g/mol. The molecule has 1 aromatic heterocycles. The average Bonchev–Trinajstić information content (AvgIpc) is 2.17. The van der Waals surface area contributed by atoms with E-state index in [0.29, 0.717) is 5.39 Å². The highest BCUT2D eigenvalue weighted by atomic mass is 19.1. The molecule has 0 unspecified atom stereocenters. The summed E-state index contributed by atoms with van der Waals surface area (Å²) in [4.78, 5) is 22.0. The summed E-state index contributed by atoms with van der Waals surface area (Å²) in [5.41, 5.74) is 4.06. The maximum absolute atomic E-state index is 12.8. The number of halogens is 1. The van der Waals surface area contributed by atoms with Crippen molar-refractivity contribution in [1.29, 1.82) is 0 Å². The van der Waals surface area contributed by atoms with Crippen molar-refractivity contribution >= 4 is 16.9 Å². The fourth-order valence-corrected chi connectivity index (χ4v) is 1.27. The zero-order chi connectivity index (χ0) is 11.0. The largest absolute Gasteiger partial charge is 0.422 e. The fraction of sp³-hybridized carbons (Fsp3) is 0. The van der Waals surface area contributed by atoms with Crippen molar-refractivity contribution in [2.24, 2.45) is 5.73 Å². The zero-order valence-electron chi connectivity index (χ0n) is 7.49. The molecule has 0 aliphatic rings. The first-order chi connectivity index (χ1) is 7.08. The monoisotopic (exact) mass is 207 g/mol. The number of carbonyl (C=O) groups excluding carboxylic acids is 1. The second kappa shape index (κ2) is 3.20. The molecule has 2 aromatic rings. The minimum atomic E-state index is -0.894. The molecule has 0 fully saturated rings. The summed E-state index contributed by atoms with van der Waals surface area (Å²) in [5, 5.41) is 0.323. The van der Waals surface area contributed by atoms with Crippen LogP contribution in [0.4, 0.5) is 4.39 Å². The van der Waals surface area contributed by atoms with Crippen molar-refractivity contribution in [2.45, 2.75) is 0 Å². The molecule has 0 aliphatic carbocycles. The van der Waals surface area contributed by atoms with Gasteiger partial charge >= 0.3 is 5.63 Å². The predicted molar refractivity (Wildman–Crippen MR) is 51.0 cm³/mol. The molecule has 0 bridgehead atoms. The number of rotatable bonds is 1. The van der Waals surface area contributed by atoms with E-state index in [2.05, 4.69) is 0 Å². The number of hydrogen-bond donors (Lipinski definition) is 1. The van der Waals surface area contributed by atoms with E-state index >= 15 is 0 Å². The Morgan fingerprint density at radius 2 is 2.07 bits per heavy atom. The summed E-state index contributed by atoms with van der Waals surface area (Å²) < 4.78 is 17.6. The summed E-state index contributed by atoms with van der Waals surface area (Å²) in [6.07, 6.45) is 0. The van der Waals surface area contributed by atoms with Gasteiger partial charge in [0.2, 0.25) is 0 Å². The van der Waals surface area contributed by atoms with Crippen molar-refractivity contribution in [3.8, 4) is 0 Å². The van der Waals surface area contributed by atoms with E-state index in [-0.39, 0.29) is 11.1 Å². The second-order valence-electron chi connectivity index (χ2n) is 2.99. The Morgan fingerprint density at radius 1 is 1.33 bits per heavy atom. The van der Waals surface area contributed by atoms with Gasteiger partial charge in [0, 0.05) is 5.39 Å². The Bertz CT molecular complexity index is 603. The van der Waals surface area contributed by atoms with E-state index in [1.165, 1.54) is 12.1 Å². The van der Waals surface area contributed by atoms with Crippen LogP contribution in [-0.4, -0.2) is 5.91 Å². The van der Waals surface area contributed by atoms with E-state index in [9.17, 15) is 14.0 Å². The molecule has 76 valence electrons. The van der Waals surface area contributed by atoms with Crippen molar-refractivity contribution in [2.75, 3.05) is 0 Å². The van der Waals surface area contributed by atoms with Gasteiger partial charge in [-0.3, -0.25) is 4.79 Å². The number of primary amides is 1. The first-order valence-electron chi connectivity index (χ1n) is 4.11. The third-order valence-electron chi connectivity index (χ3n) is 1.96. The van der Waals surface area contributed by atoms with Crippen LogP contribution in [0.15, 0.2) is 33.5 Å². The quantitative estimate of drug-likeness (QED) is 0.709. The number of carbonyl (C=O) groups is 1. The van der Waals surface area contributed by atoms with Gasteiger partial charge in [0.05, 0.1) is 0 Å². The Hall–Kier alpha value is -2.17. The van der Waals surface area contributed by atoms with E-state index in [4.69, 9.17) is 10.2 Å². The summed E-state index contributed by atoms with van der Waals surface area (Å²) >= 11 is 0. The highest BCUT2D eigenvalue weighted by Gasteiger charge is 2.10. The lowest BCUT2D eigenvalue weighted by Gasteiger charge is -1.98. The first-order valence-corrected chi connectivity index (χ1v) is 4.11. The molecule has 2 N–H and O–H groups in total. The number of amides is 1. The van der Waals surface area contributed by atoms with Crippen LogP contribution in [-0.2, 0) is 0 Å². The first kappa shape index (κ1) is 9.39. The highest BCUT2D eigenvalue weighted by Crippen LogP contribution is 2.14. The third-order valence-corrected chi connectivity index (χ3v) is 1.96.